The number of hydrogen-bond acceptors (Lipinski definition) is 7. The summed E-state index contributed by atoms with van der Waals surface area (Å²) in [5, 5.41) is 17.5. The molecule has 1 aromatic rings. The highest BCUT2D eigenvalue weighted by molar-refractivity contribution is 5.94. The highest BCUT2D eigenvalue weighted by atomic mass is 16.4. The predicted octanol–water partition coefficient (Wildman–Crippen LogP) is -1.75. The number of nitrogens with one attached hydrogen (secondary N) is 3. The lowest BCUT2D eigenvalue weighted by Crippen LogP contribution is -2.58. The lowest BCUT2D eigenvalue weighted by Gasteiger charge is -2.26. The second kappa shape index (κ2) is 18.9. The van der Waals surface area contributed by atoms with Gasteiger partial charge in [0, 0.05) is 19.5 Å². The number of nitrogens with two attached hydrogens (primary N) is 5. The fourth-order valence-corrected chi connectivity index (χ4v) is 3.92. The van der Waals surface area contributed by atoms with Crippen LogP contribution in [0.1, 0.15) is 51.5 Å². The van der Waals surface area contributed by atoms with Gasteiger partial charge in [-0.1, -0.05) is 50.6 Å². The summed E-state index contributed by atoms with van der Waals surface area (Å²) in [4.78, 5) is 59.3. The first-order valence-corrected chi connectivity index (χ1v) is 13.9. The van der Waals surface area contributed by atoms with Crippen molar-refractivity contribution < 1.29 is 24.3 Å². The zero-order chi connectivity index (χ0) is 31.7. The van der Waals surface area contributed by atoms with Gasteiger partial charge < -0.3 is 49.7 Å². The smallest absolute Gasteiger partial charge is 0.326 e. The Kier molecular flexibility index (Phi) is 16.0. The summed E-state index contributed by atoms with van der Waals surface area (Å²) >= 11 is 0. The van der Waals surface area contributed by atoms with Gasteiger partial charge in [0.05, 0.1) is 6.04 Å². The lowest BCUT2D eigenvalue weighted by molar-refractivity contribution is -0.142. The number of benzene rings is 1. The molecule has 42 heavy (non-hydrogen) atoms. The number of amides is 3. The predicted molar refractivity (Wildman–Crippen MR) is 161 cm³/mol. The molecule has 5 unspecified atom stereocenters. The number of carbonyl (C=O) groups excluding carboxylic acids is 3. The highest BCUT2D eigenvalue weighted by Gasteiger charge is 2.31. The van der Waals surface area contributed by atoms with E-state index in [9.17, 15) is 24.3 Å². The average molecular weight is 591 g/mol. The molecule has 14 N–H and O–H groups in total. The van der Waals surface area contributed by atoms with Gasteiger partial charge in [-0.05, 0) is 37.2 Å². The highest BCUT2D eigenvalue weighted by Crippen LogP contribution is 2.09. The summed E-state index contributed by atoms with van der Waals surface area (Å²) in [5.74, 6) is -3.47. The maximum atomic E-state index is 13.5. The molecule has 0 aliphatic rings. The fourth-order valence-electron chi connectivity index (χ4n) is 3.92. The van der Waals surface area contributed by atoms with Crippen molar-refractivity contribution in [2.45, 2.75) is 76.5 Å². The van der Waals surface area contributed by atoms with E-state index in [1.807, 2.05) is 13.8 Å². The van der Waals surface area contributed by atoms with Gasteiger partial charge in [0.15, 0.2) is 11.9 Å². The number of carboxylic acids is 1. The number of hydrogen-bond donors (Lipinski definition) is 9. The molecule has 0 saturated heterocycles. The molecule has 1 rings (SSSR count). The molecule has 0 spiro atoms. The van der Waals surface area contributed by atoms with Gasteiger partial charge in [-0.3, -0.25) is 24.4 Å². The number of aliphatic imine (C=N–C) groups is 2. The molecule has 0 saturated carbocycles. The van der Waals surface area contributed by atoms with Crippen molar-refractivity contribution in [1.82, 2.24) is 16.0 Å². The van der Waals surface area contributed by atoms with Gasteiger partial charge in [0.1, 0.15) is 18.1 Å². The number of guanidine groups is 2. The molecule has 0 aliphatic heterocycles. The molecule has 0 aromatic heterocycles. The molecule has 1 aromatic carbocycles. The van der Waals surface area contributed by atoms with E-state index in [2.05, 4.69) is 25.9 Å². The van der Waals surface area contributed by atoms with E-state index in [0.29, 0.717) is 19.3 Å². The molecule has 0 aliphatic carbocycles. The summed E-state index contributed by atoms with van der Waals surface area (Å²) in [6, 6.07) is 4.61. The summed E-state index contributed by atoms with van der Waals surface area (Å²) < 4.78 is 0. The van der Waals surface area contributed by atoms with Crippen LogP contribution >= 0.6 is 0 Å². The molecule has 0 heterocycles. The summed E-state index contributed by atoms with van der Waals surface area (Å²) in [6.07, 6.45) is 1.59. The van der Waals surface area contributed by atoms with Crippen LogP contribution in [0.2, 0.25) is 0 Å². The van der Waals surface area contributed by atoms with E-state index in [-0.39, 0.29) is 50.2 Å². The van der Waals surface area contributed by atoms with Crippen LogP contribution in [0, 0.1) is 5.92 Å². The summed E-state index contributed by atoms with van der Waals surface area (Å²) in [6.45, 7) is 4.13. The minimum absolute atomic E-state index is 0.0564. The molecule has 0 radical (unpaired) electrons. The van der Waals surface area contributed by atoms with Gasteiger partial charge >= 0.3 is 5.97 Å². The van der Waals surface area contributed by atoms with E-state index in [1.54, 1.807) is 30.3 Å². The second-order valence-corrected chi connectivity index (χ2v) is 10.0. The van der Waals surface area contributed by atoms with Gasteiger partial charge in [0.2, 0.25) is 17.7 Å². The van der Waals surface area contributed by atoms with Crippen LogP contribution in [0.25, 0.3) is 0 Å². The summed E-state index contributed by atoms with van der Waals surface area (Å²) in [7, 11) is 0. The normalized spacial score (nSPS) is 14.3. The molecule has 0 bridgehead atoms. The van der Waals surface area contributed by atoms with Crippen LogP contribution in [-0.2, 0) is 25.6 Å². The van der Waals surface area contributed by atoms with Crippen molar-refractivity contribution >= 4 is 35.6 Å². The SMILES string of the molecule is CCC(C)C(N)C(=O)NC(CCCN=C(N)N)C(=O)NC(Cc1ccccc1)C(=O)NC(CCCN=C(N)N)C(=O)O. The van der Waals surface area contributed by atoms with E-state index >= 15 is 0 Å². The van der Waals surface area contributed by atoms with Crippen LogP contribution < -0.4 is 44.6 Å². The number of nitrogens with zero attached hydrogens (tertiary/aromatic N) is 2. The lowest BCUT2D eigenvalue weighted by atomic mass is 9.98. The Balaban J connectivity index is 3.16. The quantitative estimate of drug-likeness (QED) is 0.0497. The number of carboxylic acid groups (broad SMARTS) is 1. The van der Waals surface area contributed by atoms with E-state index in [4.69, 9.17) is 28.7 Å². The van der Waals surface area contributed by atoms with Crippen molar-refractivity contribution in [3.8, 4) is 0 Å². The minimum Gasteiger partial charge on any atom is -0.480 e. The number of aliphatic carboxylic acids is 1. The second-order valence-electron chi connectivity index (χ2n) is 10.0. The Bertz CT molecular complexity index is 1070. The Morgan fingerprint density at radius 1 is 0.786 bits per heavy atom. The zero-order valence-electron chi connectivity index (χ0n) is 24.3. The molecule has 5 atom stereocenters. The standard InChI is InChI=1S/C27H46N10O5/c1-3-16(2)21(28)24(40)35-18(11-7-13-33-26(29)30)22(38)37-20(15-17-9-5-4-6-10-17)23(39)36-19(25(41)42)12-8-14-34-27(31)32/h4-6,9-10,16,18-21H,3,7-8,11-15,28H2,1-2H3,(H,35,40)(H,36,39)(H,37,38)(H,41,42)(H4,29,30,33)(H4,31,32,34). The fraction of sp³-hybridized carbons (Fsp3) is 0.556. The van der Waals surface area contributed by atoms with Crippen molar-refractivity contribution in [2.75, 3.05) is 13.1 Å². The van der Waals surface area contributed by atoms with E-state index < -0.39 is 47.9 Å². The largest absolute Gasteiger partial charge is 0.480 e. The third-order valence-electron chi connectivity index (χ3n) is 6.61. The zero-order valence-corrected chi connectivity index (χ0v) is 24.3. The molecular formula is C27H46N10O5. The van der Waals surface area contributed by atoms with Gasteiger partial charge in [0.25, 0.3) is 0 Å². The first-order chi connectivity index (χ1) is 19.8. The van der Waals surface area contributed by atoms with Crippen molar-refractivity contribution in [3.63, 3.8) is 0 Å². The van der Waals surface area contributed by atoms with E-state index in [1.165, 1.54) is 0 Å². The molecule has 3 amide bonds. The van der Waals surface area contributed by atoms with Gasteiger partial charge in [-0.2, -0.15) is 0 Å². The monoisotopic (exact) mass is 590 g/mol. The van der Waals surface area contributed by atoms with Crippen LogP contribution in [0.3, 0.4) is 0 Å². The van der Waals surface area contributed by atoms with Crippen molar-refractivity contribution in [2.24, 2.45) is 44.6 Å². The number of carbonyl (C=O) groups is 4. The maximum Gasteiger partial charge on any atom is 0.326 e. The summed E-state index contributed by atoms with van der Waals surface area (Å²) in [5.41, 5.74) is 28.2. The Labute approximate surface area is 246 Å². The van der Waals surface area contributed by atoms with Crippen molar-refractivity contribution in [1.29, 1.82) is 0 Å². The average Bonchev–Trinajstić information content (AvgIpc) is 2.94. The maximum absolute atomic E-state index is 13.5. The topological polar surface area (TPSA) is 279 Å². The minimum atomic E-state index is -1.25. The van der Waals surface area contributed by atoms with Gasteiger partial charge in [-0.25, -0.2) is 4.79 Å². The van der Waals surface area contributed by atoms with Crippen LogP contribution in [-0.4, -0.2) is 78.0 Å². The first-order valence-electron chi connectivity index (χ1n) is 13.9. The molecule has 15 heteroatoms. The molecule has 234 valence electrons. The van der Waals surface area contributed by atoms with E-state index in [0.717, 1.165) is 5.56 Å². The van der Waals surface area contributed by atoms with Crippen LogP contribution in [0.15, 0.2) is 40.3 Å². The molecule has 15 nitrogen and oxygen atoms in total. The Morgan fingerprint density at radius 2 is 1.26 bits per heavy atom. The van der Waals surface area contributed by atoms with Gasteiger partial charge in [-0.15, -0.1) is 0 Å². The first kappa shape index (κ1) is 35.6. The van der Waals surface area contributed by atoms with Crippen LogP contribution in [0.5, 0.6) is 0 Å². The Morgan fingerprint density at radius 3 is 1.76 bits per heavy atom. The van der Waals surface area contributed by atoms with Crippen molar-refractivity contribution in [3.05, 3.63) is 35.9 Å². The van der Waals surface area contributed by atoms with Crippen LogP contribution in [0.4, 0.5) is 0 Å². The number of rotatable bonds is 19. The third-order valence-corrected chi connectivity index (χ3v) is 6.61. The molecular weight excluding hydrogens is 544 g/mol. The Hall–Kier alpha value is -4.40. The third kappa shape index (κ3) is 13.8. The molecule has 0 fully saturated rings.